The summed E-state index contributed by atoms with van der Waals surface area (Å²) in [4.78, 5) is 12.5. The number of hydrogen-bond acceptors (Lipinski definition) is 2. The number of carbonyl (C=O) groups excluding carboxylic acids is 1. The van der Waals surface area contributed by atoms with E-state index in [0.29, 0.717) is 0 Å². The van der Waals surface area contributed by atoms with Gasteiger partial charge in [0.05, 0.1) is 0 Å². The van der Waals surface area contributed by atoms with E-state index in [1.807, 2.05) is 18.2 Å². The van der Waals surface area contributed by atoms with Gasteiger partial charge in [-0.05, 0) is 37.4 Å². The van der Waals surface area contributed by atoms with E-state index in [0.717, 1.165) is 31.5 Å². The van der Waals surface area contributed by atoms with Gasteiger partial charge < -0.3 is 10.6 Å². The number of unbranched alkanes of at least 4 members (excludes halogenated alkanes) is 7. The average Bonchev–Trinajstić information content (AvgIpc) is 3.10. The molecule has 1 atom stereocenters. The number of halogens is 1. The van der Waals surface area contributed by atoms with E-state index in [9.17, 15) is 4.79 Å². The van der Waals surface area contributed by atoms with Crippen molar-refractivity contribution in [1.29, 1.82) is 0 Å². The van der Waals surface area contributed by atoms with Crippen LogP contribution < -0.4 is 10.6 Å². The molecule has 1 heterocycles. The lowest BCUT2D eigenvalue weighted by molar-refractivity contribution is 0.0939. The Morgan fingerprint density at radius 3 is 2.44 bits per heavy atom. The van der Waals surface area contributed by atoms with Crippen LogP contribution in [0, 0.1) is 0 Å². The first-order chi connectivity index (χ1) is 11.8. The maximum atomic E-state index is 12.5. The van der Waals surface area contributed by atoms with E-state index in [1.165, 1.54) is 56.9 Å². The van der Waals surface area contributed by atoms with Gasteiger partial charge in [0.25, 0.3) is 5.91 Å². The van der Waals surface area contributed by atoms with Crippen LogP contribution in [0.15, 0.2) is 24.3 Å². The van der Waals surface area contributed by atoms with Gasteiger partial charge in [0.15, 0.2) is 0 Å². The Kier molecular flexibility index (Phi) is 11.6. The normalized spacial score (nSPS) is 16.4. The monoisotopic (exact) mass is 366 g/mol. The Labute approximate surface area is 159 Å². The van der Waals surface area contributed by atoms with Gasteiger partial charge in [-0.1, -0.05) is 70.1 Å². The lowest BCUT2D eigenvalue weighted by atomic mass is 9.99. The van der Waals surface area contributed by atoms with Crippen LogP contribution in [0.2, 0.25) is 0 Å². The second kappa shape index (κ2) is 13.2. The number of aryl methyl sites for hydroxylation is 1. The molecule has 0 saturated carbocycles. The number of rotatable bonds is 11. The Balaban J connectivity index is 0.00000312. The molecule has 2 N–H and O–H groups in total. The summed E-state index contributed by atoms with van der Waals surface area (Å²) in [6, 6.07) is 8.39. The lowest BCUT2D eigenvalue weighted by Gasteiger charge is -2.14. The molecule has 1 amide bonds. The van der Waals surface area contributed by atoms with Gasteiger partial charge in [0, 0.05) is 18.2 Å². The largest absolute Gasteiger partial charge is 0.348 e. The molecule has 0 radical (unpaired) electrons. The SMILES string of the molecule is CCCCCCCCCCc1ccccc1C(=O)N[C@H]1CCNC1.Cl. The molecular weight excluding hydrogens is 332 g/mol. The minimum atomic E-state index is 0. The highest BCUT2D eigenvalue weighted by Crippen LogP contribution is 2.15. The molecule has 3 nitrogen and oxygen atoms in total. The molecule has 2 rings (SSSR count). The van der Waals surface area contributed by atoms with E-state index in [2.05, 4.69) is 23.6 Å². The van der Waals surface area contributed by atoms with Crippen molar-refractivity contribution in [2.75, 3.05) is 13.1 Å². The van der Waals surface area contributed by atoms with Crippen LogP contribution in [-0.4, -0.2) is 25.0 Å². The minimum Gasteiger partial charge on any atom is -0.348 e. The highest BCUT2D eigenvalue weighted by molar-refractivity contribution is 5.95. The average molecular weight is 367 g/mol. The standard InChI is InChI=1S/C21H34N2O.ClH/c1-2-3-4-5-6-7-8-9-12-18-13-10-11-14-20(18)21(24)23-19-15-16-22-17-19;/h10-11,13-14,19,22H,2-9,12,15-17H2,1H3,(H,23,24);1H/t19-;/m0./s1. The van der Waals surface area contributed by atoms with Gasteiger partial charge in [-0.15, -0.1) is 12.4 Å². The predicted octanol–water partition coefficient (Wildman–Crippen LogP) is 4.88. The second-order valence-electron chi connectivity index (χ2n) is 7.05. The third-order valence-electron chi connectivity index (χ3n) is 4.96. The summed E-state index contributed by atoms with van der Waals surface area (Å²) < 4.78 is 0. The Bertz CT molecular complexity index is 487. The number of amides is 1. The Morgan fingerprint density at radius 1 is 1.08 bits per heavy atom. The fraction of sp³-hybridized carbons (Fsp3) is 0.667. The minimum absolute atomic E-state index is 0. The topological polar surface area (TPSA) is 41.1 Å². The molecule has 142 valence electrons. The molecule has 0 bridgehead atoms. The number of nitrogens with one attached hydrogen (secondary N) is 2. The van der Waals surface area contributed by atoms with Crippen molar-refractivity contribution < 1.29 is 4.79 Å². The molecule has 1 aromatic carbocycles. The highest BCUT2D eigenvalue weighted by atomic mass is 35.5. The number of benzene rings is 1. The van der Waals surface area contributed by atoms with Crippen molar-refractivity contribution in [3.63, 3.8) is 0 Å². The fourth-order valence-electron chi connectivity index (χ4n) is 3.45. The number of hydrogen-bond donors (Lipinski definition) is 2. The molecule has 0 aliphatic carbocycles. The van der Waals surface area contributed by atoms with Gasteiger partial charge in [-0.2, -0.15) is 0 Å². The summed E-state index contributed by atoms with van der Waals surface area (Å²) in [5, 5.41) is 6.46. The van der Waals surface area contributed by atoms with E-state index >= 15 is 0 Å². The van der Waals surface area contributed by atoms with Crippen LogP contribution in [0.4, 0.5) is 0 Å². The quantitative estimate of drug-likeness (QED) is 0.548. The molecule has 0 spiro atoms. The second-order valence-corrected chi connectivity index (χ2v) is 7.05. The van der Waals surface area contributed by atoms with Crippen LogP contribution >= 0.6 is 12.4 Å². The van der Waals surface area contributed by atoms with Crippen LogP contribution in [0.1, 0.15) is 80.6 Å². The lowest BCUT2D eigenvalue weighted by Crippen LogP contribution is -2.36. The molecule has 1 aliphatic rings. The van der Waals surface area contributed by atoms with Gasteiger partial charge in [-0.25, -0.2) is 0 Å². The summed E-state index contributed by atoms with van der Waals surface area (Å²) in [5.41, 5.74) is 2.07. The smallest absolute Gasteiger partial charge is 0.251 e. The van der Waals surface area contributed by atoms with E-state index in [1.54, 1.807) is 0 Å². The molecule has 0 aromatic heterocycles. The molecule has 4 heteroatoms. The van der Waals surface area contributed by atoms with Crippen molar-refractivity contribution in [1.82, 2.24) is 10.6 Å². The third-order valence-corrected chi connectivity index (χ3v) is 4.96. The first-order valence-corrected chi connectivity index (χ1v) is 9.90. The molecule has 0 unspecified atom stereocenters. The first-order valence-electron chi connectivity index (χ1n) is 9.90. The zero-order valence-electron chi connectivity index (χ0n) is 15.7. The summed E-state index contributed by atoms with van der Waals surface area (Å²) in [7, 11) is 0. The summed E-state index contributed by atoms with van der Waals surface area (Å²) in [5.74, 6) is 0.0962. The van der Waals surface area contributed by atoms with Gasteiger partial charge in [0.1, 0.15) is 0 Å². The first kappa shape index (κ1) is 22.0. The van der Waals surface area contributed by atoms with Crippen molar-refractivity contribution in [2.45, 2.75) is 77.2 Å². The maximum absolute atomic E-state index is 12.5. The van der Waals surface area contributed by atoms with Crippen LogP contribution in [0.5, 0.6) is 0 Å². The molecule has 25 heavy (non-hydrogen) atoms. The van der Waals surface area contributed by atoms with E-state index in [-0.39, 0.29) is 24.4 Å². The zero-order valence-corrected chi connectivity index (χ0v) is 16.5. The van der Waals surface area contributed by atoms with Crippen molar-refractivity contribution in [3.8, 4) is 0 Å². The van der Waals surface area contributed by atoms with Gasteiger partial charge in [-0.3, -0.25) is 4.79 Å². The van der Waals surface area contributed by atoms with Crippen LogP contribution in [0.25, 0.3) is 0 Å². The van der Waals surface area contributed by atoms with Crippen molar-refractivity contribution >= 4 is 18.3 Å². The Morgan fingerprint density at radius 2 is 1.76 bits per heavy atom. The molecule has 1 saturated heterocycles. The van der Waals surface area contributed by atoms with E-state index < -0.39 is 0 Å². The summed E-state index contributed by atoms with van der Waals surface area (Å²) >= 11 is 0. The molecule has 1 aliphatic heterocycles. The van der Waals surface area contributed by atoms with Crippen LogP contribution in [-0.2, 0) is 6.42 Å². The van der Waals surface area contributed by atoms with Gasteiger partial charge >= 0.3 is 0 Å². The van der Waals surface area contributed by atoms with Gasteiger partial charge in [0.2, 0.25) is 0 Å². The number of carbonyl (C=O) groups is 1. The molecule has 1 fully saturated rings. The maximum Gasteiger partial charge on any atom is 0.251 e. The van der Waals surface area contributed by atoms with Crippen LogP contribution in [0.3, 0.4) is 0 Å². The third kappa shape index (κ3) is 8.24. The van der Waals surface area contributed by atoms with E-state index in [4.69, 9.17) is 0 Å². The summed E-state index contributed by atoms with van der Waals surface area (Å²) in [6.07, 6.45) is 12.6. The zero-order chi connectivity index (χ0) is 17.0. The molecule has 1 aromatic rings. The Hall–Kier alpha value is -1.06. The molecular formula is C21H35ClN2O. The highest BCUT2D eigenvalue weighted by Gasteiger charge is 2.18. The summed E-state index contributed by atoms with van der Waals surface area (Å²) in [6.45, 7) is 4.16. The van der Waals surface area contributed by atoms with Crippen molar-refractivity contribution in [3.05, 3.63) is 35.4 Å². The fourth-order valence-corrected chi connectivity index (χ4v) is 3.45. The predicted molar refractivity (Wildman–Crippen MR) is 109 cm³/mol. The van der Waals surface area contributed by atoms with Crippen molar-refractivity contribution in [2.24, 2.45) is 0 Å².